The molecular formula is C13H14BrN3O3S. The van der Waals surface area contributed by atoms with Gasteiger partial charge >= 0.3 is 0 Å². The fourth-order valence-corrected chi connectivity index (χ4v) is 3.49. The van der Waals surface area contributed by atoms with Crippen LogP contribution in [0.5, 0.6) is 5.75 Å². The smallest absolute Gasteiger partial charge is 0.265 e. The van der Waals surface area contributed by atoms with Crippen LogP contribution in [0.1, 0.15) is 0 Å². The summed E-state index contributed by atoms with van der Waals surface area (Å²) in [5, 5.41) is 2.83. The minimum absolute atomic E-state index is 0.0828. The van der Waals surface area contributed by atoms with E-state index in [-0.39, 0.29) is 4.90 Å². The minimum Gasteiger partial charge on any atom is -0.496 e. The van der Waals surface area contributed by atoms with Crippen molar-refractivity contribution in [3.63, 3.8) is 0 Å². The van der Waals surface area contributed by atoms with Crippen LogP contribution >= 0.6 is 15.9 Å². The van der Waals surface area contributed by atoms with E-state index in [2.05, 4.69) is 31.0 Å². The van der Waals surface area contributed by atoms with Gasteiger partial charge in [0.25, 0.3) is 10.0 Å². The number of anilines is 2. The largest absolute Gasteiger partial charge is 0.496 e. The average molecular weight is 372 g/mol. The van der Waals surface area contributed by atoms with Crippen LogP contribution in [-0.2, 0) is 10.0 Å². The fraction of sp³-hybridized carbons (Fsp3) is 0.154. The van der Waals surface area contributed by atoms with E-state index in [9.17, 15) is 8.42 Å². The van der Waals surface area contributed by atoms with Crippen LogP contribution in [-0.4, -0.2) is 27.6 Å². The van der Waals surface area contributed by atoms with Gasteiger partial charge in [0.05, 0.1) is 23.0 Å². The monoisotopic (exact) mass is 371 g/mol. The van der Waals surface area contributed by atoms with Crippen LogP contribution < -0.4 is 14.8 Å². The molecule has 0 saturated carbocycles. The first kappa shape index (κ1) is 15.6. The van der Waals surface area contributed by atoms with Gasteiger partial charge in [0.1, 0.15) is 10.6 Å². The van der Waals surface area contributed by atoms with Gasteiger partial charge in [-0.15, -0.1) is 0 Å². The zero-order valence-electron chi connectivity index (χ0n) is 11.4. The lowest BCUT2D eigenvalue weighted by Crippen LogP contribution is -2.15. The summed E-state index contributed by atoms with van der Waals surface area (Å²) in [6.07, 6.45) is 2.82. The number of rotatable bonds is 5. The zero-order valence-corrected chi connectivity index (χ0v) is 13.8. The van der Waals surface area contributed by atoms with Crippen LogP contribution in [0.15, 0.2) is 46.0 Å². The highest BCUT2D eigenvalue weighted by Gasteiger charge is 2.19. The molecule has 0 amide bonds. The fourth-order valence-electron chi connectivity index (χ4n) is 1.74. The van der Waals surface area contributed by atoms with Crippen LogP contribution in [0.3, 0.4) is 0 Å². The topological polar surface area (TPSA) is 80.3 Å². The molecule has 0 spiro atoms. The van der Waals surface area contributed by atoms with Gasteiger partial charge in [-0.05, 0) is 40.2 Å². The summed E-state index contributed by atoms with van der Waals surface area (Å²) in [5.41, 5.74) is 0.902. The number of nitrogens with zero attached hydrogens (tertiary/aromatic N) is 1. The van der Waals surface area contributed by atoms with Crippen LogP contribution in [0.25, 0.3) is 0 Å². The van der Waals surface area contributed by atoms with Crippen LogP contribution in [0.2, 0.25) is 0 Å². The summed E-state index contributed by atoms with van der Waals surface area (Å²) >= 11 is 3.31. The van der Waals surface area contributed by atoms with Gasteiger partial charge in [-0.3, -0.25) is 9.71 Å². The number of hydrogen-bond donors (Lipinski definition) is 2. The summed E-state index contributed by atoms with van der Waals surface area (Å²) in [6, 6.07) is 6.52. The lowest BCUT2D eigenvalue weighted by molar-refractivity contribution is 0.412. The molecule has 0 fully saturated rings. The third-order valence-electron chi connectivity index (χ3n) is 2.75. The van der Waals surface area contributed by atoms with Crippen LogP contribution in [0.4, 0.5) is 11.4 Å². The Kier molecular flexibility index (Phi) is 4.69. The Morgan fingerprint density at radius 2 is 2.05 bits per heavy atom. The molecule has 0 aliphatic carbocycles. The van der Waals surface area contributed by atoms with Crippen molar-refractivity contribution in [1.82, 2.24) is 4.98 Å². The first-order valence-corrected chi connectivity index (χ1v) is 8.23. The van der Waals surface area contributed by atoms with Crippen molar-refractivity contribution < 1.29 is 13.2 Å². The number of methoxy groups -OCH3 is 1. The van der Waals surface area contributed by atoms with Crippen molar-refractivity contribution in [2.24, 2.45) is 0 Å². The maximum absolute atomic E-state index is 12.4. The molecule has 2 N–H and O–H groups in total. The normalized spacial score (nSPS) is 11.0. The van der Waals surface area contributed by atoms with Crippen molar-refractivity contribution in [2.75, 3.05) is 24.2 Å². The highest BCUT2D eigenvalue weighted by Crippen LogP contribution is 2.29. The predicted octanol–water partition coefficient (Wildman–Crippen LogP) is 2.70. The molecule has 1 aromatic heterocycles. The second-order valence-corrected chi connectivity index (χ2v) is 6.58. The Morgan fingerprint density at radius 3 is 2.67 bits per heavy atom. The molecule has 0 aliphatic heterocycles. The summed E-state index contributed by atoms with van der Waals surface area (Å²) in [4.78, 5) is 3.94. The third kappa shape index (κ3) is 3.45. The molecule has 0 unspecified atom stereocenters. The van der Waals surface area contributed by atoms with Gasteiger partial charge in [-0.2, -0.15) is 0 Å². The van der Waals surface area contributed by atoms with E-state index in [0.29, 0.717) is 21.6 Å². The van der Waals surface area contributed by atoms with Crippen molar-refractivity contribution in [3.8, 4) is 5.75 Å². The third-order valence-corrected chi connectivity index (χ3v) is 4.78. The van der Waals surface area contributed by atoms with Gasteiger partial charge < -0.3 is 10.1 Å². The van der Waals surface area contributed by atoms with Crippen molar-refractivity contribution in [1.29, 1.82) is 0 Å². The standard InChI is InChI=1S/C13H14BrN3O3S/c1-15-11-5-6-16-8-13(11)21(18,19)17-9-3-4-12(20-2)10(14)7-9/h3-8,17H,1-2H3,(H,15,16). The summed E-state index contributed by atoms with van der Waals surface area (Å²) < 4.78 is 33.1. The lowest BCUT2D eigenvalue weighted by Gasteiger charge is -2.12. The quantitative estimate of drug-likeness (QED) is 0.844. The number of pyridine rings is 1. The molecule has 8 heteroatoms. The molecule has 2 rings (SSSR count). The van der Waals surface area contributed by atoms with Gasteiger partial charge in [0.2, 0.25) is 0 Å². The molecule has 0 radical (unpaired) electrons. The van der Waals surface area contributed by atoms with E-state index in [0.717, 1.165) is 0 Å². The molecule has 21 heavy (non-hydrogen) atoms. The Labute approximate surface area is 131 Å². The van der Waals surface area contributed by atoms with Gasteiger partial charge in [0.15, 0.2) is 0 Å². The van der Waals surface area contributed by atoms with Crippen molar-refractivity contribution in [3.05, 3.63) is 41.1 Å². The molecule has 0 atom stereocenters. The second kappa shape index (κ2) is 6.31. The number of aromatic nitrogens is 1. The minimum atomic E-state index is -3.73. The van der Waals surface area contributed by atoms with E-state index in [4.69, 9.17) is 4.74 Å². The highest BCUT2D eigenvalue weighted by molar-refractivity contribution is 9.10. The summed E-state index contributed by atoms with van der Waals surface area (Å²) in [5.74, 6) is 0.621. The molecule has 0 aliphatic rings. The van der Waals surface area contributed by atoms with E-state index in [1.54, 1.807) is 38.4 Å². The number of nitrogens with one attached hydrogen (secondary N) is 2. The predicted molar refractivity (Wildman–Crippen MR) is 85.3 cm³/mol. The number of benzene rings is 1. The number of sulfonamides is 1. The van der Waals surface area contributed by atoms with E-state index >= 15 is 0 Å². The van der Waals surface area contributed by atoms with E-state index in [1.165, 1.54) is 12.4 Å². The van der Waals surface area contributed by atoms with Crippen molar-refractivity contribution in [2.45, 2.75) is 4.90 Å². The van der Waals surface area contributed by atoms with E-state index in [1.807, 2.05) is 0 Å². The Bertz CT molecular complexity index is 750. The SMILES string of the molecule is CNc1ccncc1S(=O)(=O)Nc1ccc(OC)c(Br)c1. The Morgan fingerprint density at radius 1 is 1.29 bits per heavy atom. The molecule has 6 nitrogen and oxygen atoms in total. The molecule has 1 aromatic carbocycles. The molecule has 112 valence electrons. The van der Waals surface area contributed by atoms with Gasteiger partial charge in [-0.1, -0.05) is 0 Å². The molecule has 0 saturated heterocycles. The Balaban J connectivity index is 2.35. The highest BCUT2D eigenvalue weighted by atomic mass is 79.9. The molecule has 1 heterocycles. The average Bonchev–Trinajstić information content (AvgIpc) is 2.47. The summed E-state index contributed by atoms with van der Waals surface area (Å²) in [6.45, 7) is 0. The zero-order chi connectivity index (χ0) is 15.5. The first-order chi connectivity index (χ1) is 9.97. The van der Waals surface area contributed by atoms with E-state index < -0.39 is 10.0 Å². The number of hydrogen-bond acceptors (Lipinski definition) is 5. The van der Waals surface area contributed by atoms with Crippen LogP contribution in [0, 0.1) is 0 Å². The maximum Gasteiger partial charge on any atom is 0.265 e. The maximum atomic E-state index is 12.4. The first-order valence-electron chi connectivity index (χ1n) is 5.96. The number of halogens is 1. The van der Waals surface area contributed by atoms with Gasteiger partial charge in [0, 0.05) is 19.4 Å². The number of ether oxygens (including phenoxy) is 1. The summed E-state index contributed by atoms with van der Waals surface area (Å²) in [7, 11) is -0.538. The van der Waals surface area contributed by atoms with Crippen molar-refractivity contribution >= 4 is 37.3 Å². The molecular weight excluding hydrogens is 358 g/mol. The van der Waals surface area contributed by atoms with Gasteiger partial charge in [-0.25, -0.2) is 8.42 Å². The lowest BCUT2D eigenvalue weighted by atomic mass is 10.3. The Hall–Kier alpha value is -1.80. The second-order valence-electron chi connectivity index (χ2n) is 4.08. The molecule has 2 aromatic rings. The molecule has 0 bridgehead atoms.